The topological polar surface area (TPSA) is 129 Å². The molecule has 0 saturated carbocycles. The molecule has 1 amide bonds. The number of aryl methyl sites for hydroxylation is 1. The molecule has 0 bridgehead atoms. The van der Waals surface area contributed by atoms with E-state index in [2.05, 4.69) is 5.32 Å². The van der Waals surface area contributed by atoms with E-state index >= 15 is 0 Å². The fraction of sp³-hybridized carbons (Fsp3) is 0.0800. The zero-order chi connectivity index (χ0) is 24.6. The number of hydrogen-bond acceptors (Lipinski definition) is 5. The molecule has 4 aromatic rings. The first-order valence-corrected chi connectivity index (χ1v) is 12.0. The number of benzene rings is 3. The molecule has 3 aromatic carbocycles. The summed E-state index contributed by atoms with van der Waals surface area (Å²) in [7, 11) is -1.60. The van der Waals surface area contributed by atoms with Gasteiger partial charge in [-0.3, -0.25) is 4.79 Å². The minimum atomic E-state index is -3.32. The zero-order valence-electron chi connectivity index (χ0n) is 18.2. The summed E-state index contributed by atoms with van der Waals surface area (Å²) in [5.74, 6) is -1.77. The third kappa shape index (κ3) is 4.14. The Kier molecular flexibility index (Phi) is 5.69. The van der Waals surface area contributed by atoms with Crippen LogP contribution in [0.1, 0.15) is 26.4 Å². The van der Waals surface area contributed by atoms with Gasteiger partial charge in [0, 0.05) is 24.3 Å². The number of aromatic nitrogens is 1. The minimum Gasteiger partial charge on any atom is -0.478 e. The number of anilines is 1. The van der Waals surface area contributed by atoms with Crippen molar-refractivity contribution in [1.29, 1.82) is 5.26 Å². The summed E-state index contributed by atoms with van der Waals surface area (Å²) in [5, 5.41) is 21.9. The highest BCUT2D eigenvalue weighted by Gasteiger charge is 2.19. The van der Waals surface area contributed by atoms with Gasteiger partial charge in [-0.05, 0) is 42.0 Å². The van der Waals surface area contributed by atoms with Crippen molar-refractivity contribution in [2.45, 2.75) is 4.90 Å². The van der Waals surface area contributed by atoms with E-state index in [9.17, 15) is 23.1 Å². The van der Waals surface area contributed by atoms with Gasteiger partial charge in [-0.25, -0.2) is 13.2 Å². The predicted octanol–water partition coefficient (Wildman–Crippen LogP) is 4.07. The number of carbonyl (C=O) groups is 2. The number of amides is 1. The Morgan fingerprint density at radius 2 is 1.74 bits per heavy atom. The van der Waals surface area contributed by atoms with Crippen LogP contribution in [0.15, 0.2) is 71.6 Å². The lowest BCUT2D eigenvalue weighted by atomic mass is 10.0. The third-order valence-electron chi connectivity index (χ3n) is 5.51. The number of aromatic carboxylic acids is 1. The van der Waals surface area contributed by atoms with Crippen LogP contribution < -0.4 is 5.32 Å². The zero-order valence-corrected chi connectivity index (χ0v) is 19.1. The molecule has 0 fully saturated rings. The normalized spacial score (nSPS) is 11.2. The van der Waals surface area contributed by atoms with E-state index in [4.69, 9.17) is 5.26 Å². The van der Waals surface area contributed by atoms with E-state index < -0.39 is 21.7 Å². The van der Waals surface area contributed by atoms with Crippen LogP contribution in [0, 0.1) is 11.3 Å². The number of nitrogens with one attached hydrogen (secondary N) is 1. The fourth-order valence-corrected chi connectivity index (χ4v) is 4.47. The summed E-state index contributed by atoms with van der Waals surface area (Å²) in [6.07, 6.45) is 1.15. The minimum absolute atomic E-state index is 0.0818. The number of rotatable bonds is 5. The molecule has 34 heavy (non-hydrogen) atoms. The lowest BCUT2D eigenvalue weighted by molar-refractivity contribution is 0.0698. The van der Waals surface area contributed by atoms with Gasteiger partial charge in [0.25, 0.3) is 5.91 Å². The first-order chi connectivity index (χ1) is 16.1. The number of carbonyl (C=O) groups excluding carboxylic acids is 1. The maximum Gasteiger partial charge on any atom is 0.337 e. The molecule has 1 aromatic heterocycles. The standard InChI is InChI=1S/C25H19N3O5S/c1-28-22(24(29)27-21-11-6-15(14-26)12-20(21)25(30)31)13-17-4-3-5-19(23(17)28)16-7-9-18(10-8-16)34(2,32)33/h3-13H,1-2H3,(H,27,29)(H,30,31). The lowest BCUT2D eigenvalue weighted by Crippen LogP contribution is -2.17. The highest BCUT2D eigenvalue weighted by molar-refractivity contribution is 7.90. The van der Waals surface area contributed by atoms with E-state index in [1.807, 2.05) is 24.3 Å². The third-order valence-corrected chi connectivity index (χ3v) is 6.64. The van der Waals surface area contributed by atoms with Gasteiger partial charge < -0.3 is 15.0 Å². The van der Waals surface area contributed by atoms with Crippen LogP contribution in [0.5, 0.6) is 0 Å². The van der Waals surface area contributed by atoms with Crippen molar-refractivity contribution in [2.75, 3.05) is 11.6 Å². The summed E-state index contributed by atoms with van der Waals surface area (Å²) < 4.78 is 25.3. The number of hydrogen-bond donors (Lipinski definition) is 2. The van der Waals surface area contributed by atoms with Crippen LogP contribution in [0.3, 0.4) is 0 Å². The lowest BCUT2D eigenvalue weighted by Gasteiger charge is -2.11. The van der Waals surface area contributed by atoms with Crippen LogP contribution in [0.4, 0.5) is 5.69 Å². The van der Waals surface area contributed by atoms with Crippen molar-refractivity contribution in [3.8, 4) is 17.2 Å². The molecule has 0 atom stereocenters. The molecule has 0 radical (unpaired) electrons. The van der Waals surface area contributed by atoms with Gasteiger partial charge in [0.1, 0.15) is 5.69 Å². The summed E-state index contributed by atoms with van der Waals surface area (Å²) >= 11 is 0. The number of para-hydroxylation sites is 1. The number of sulfone groups is 1. The highest BCUT2D eigenvalue weighted by Crippen LogP contribution is 2.31. The molecule has 0 aliphatic heterocycles. The molecular weight excluding hydrogens is 454 g/mol. The van der Waals surface area contributed by atoms with Crippen LogP contribution in [0.25, 0.3) is 22.0 Å². The van der Waals surface area contributed by atoms with Gasteiger partial charge in [-0.2, -0.15) is 5.26 Å². The summed E-state index contributed by atoms with van der Waals surface area (Å²) in [4.78, 5) is 24.9. The number of nitriles is 1. The average Bonchev–Trinajstić information content (AvgIpc) is 3.15. The Hall–Kier alpha value is -4.42. The molecular formula is C25H19N3O5S. The van der Waals surface area contributed by atoms with Crippen molar-refractivity contribution in [2.24, 2.45) is 7.05 Å². The molecule has 0 spiro atoms. The van der Waals surface area contributed by atoms with Crippen LogP contribution >= 0.6 is 0 Å². The van der Waals surface area contributed by atoms with Crippen molar-refractivity contribution < 1.29 is 23.1 Å². The molecule has 2 N–H and O–H groups in total. The molecule has 4 rings (SSSR count). The van der Waals surface area contributed by atoms with Gasteiger partial charge in [0.05, 0.1) is 33.3 Å². The van der Waals surface area contributed by atoms with Crippen molar-refractivity contribution in [3.05, 3.63) is 83.6 Å². The van der Waals surface area contributed by atoms with Gasteiger partial charge >= 0.3 is 5.97 Å². The summed E-state index contributed by atoms with van der Waals surface area (Å²) in [5.41, 5.74) is 2.73. The largest absolute Gasteiger partial charge is 0.478 e. The van der Waals surface area contributed by atoms with Gasteiger partial charge in [0.2, 0.25) is 0 Å². The molecule has 0 saturated heterocycles. The Labute approximate surface area is 195 Å². The molecule has 1 heterocycles. The SMILES string of the molecule is Cn1c(C(=O)Nc2ccc(C#N)cc2C(=O)O)cc2cccc(-c3ccc(S(C)(=O)=O)cc3)c21. The number of carboxylic acid groups (broad SMARTS) is 1. The Morgan fingerprint density at radius 1 is 1.03 bits per heavy atom. The Morgan fingerprint density at radius 3 is 2.35 bits per heavy atom. The quantitative estimate of drug-likeness (QED) is 0.449. The van der Waals surface area contributed by atoms with Gasteiger partial charge in [-0.15, -0.1) is 0 Å². The average molecular weight is 474 g/mol. The van der Waals surface area contributed by atoms with Crippen LogP contribution in [-0.2, 0) is 16.9 Å². The number of carboxylic acids is 1. The second-order valence-electron chi connectivity index (χ2n) is 7.76. The van der Waals surface area contributed by atoms with E-state index in [1.165, 1.54) is 18.2 Å². The van der Waals surface area contributed by atoms with Gasteiger partial charge in [-0.1, -0.05) is 30.3 Å². The van der Waals surface area contributed by atoms with Crippen LogP contribution in [-0.4, -0.2) is 36.2 Å². The summed E-state index contributed by atoms with van der Waals surface area (Å²) in [6.45, 7) is 0. The van der Waals surface area contributed by atoms with E-state index in [0.717, 1.165) is 28.3 Å². The molecule has 9 heteroatoms. The first-order valence-electron chi connectivity index (χ1n) is 10.1. The molecule has 0 aliphatic rings. The Bertz CT molecular complexity index is 1610. The molecule has 0 aliphatic carbocycles. The second-order valence-corrected chi connectivity index (χ2v) is 9.78. The fourth-order valence-electron chi connectivity index (χ4n) is 3.84. The van der Waals surface area contributed by atoms with Gasteiger partial charge in [0.15, 0.2) is 9.84 Å². The van der Waals surface area contributed by atoms with E-state index in [0.29, 0.717) is 5.69 Å². The summed E-state index contributed by atoms with van der Waals surface area (Å²) in [6, 6.07) is 19.7. The smallest absolute Gasteiger partial charge is 0.337 e. The number of fused-ring (bicyclic) bond motifs is 1. The van der Waals surface area contributed by atoms with E-state index in [-0.39, 0.29) is 21.7 Å². The maximum absolute atomic E-state index is 13.1. The predicted molar refractivity (Wildman–Crippen MR) is 128 cm³/mol. The van der Waals surface area contributed by atoms with Crippen molar-refractivity contribution in [3.63, 3.8) is 0 Å². The number of nitrogens with zero attached hydrogens (tertiary/aromatic N) is 2. The molecule has 170 valence electrons. The van der Waals surface area contributed by atoms with Crippen LogP contribution in [0.2, 0.25) is 0 Å². The van der Waals surface area contributed by atoms with Crippen molar-refractivity contribution >= 4 is 38.3 Å². The monoisotopic (exact) mass is 473 g/mol. The molecule has 0 unspecified atom stereocenters. The maximum atomic E-state index is 13.1. The second kappa shape index (κ2) is 8.50. The van der Waals surface area contributed by atoms with E-state index in [1.54, 1.807) is 41.9 Å². The van der Waals surface area contributed by atoms with Crippen molar-refractivity contribution in [1.82, 2.24) is 4.57 Å². The molecule has 8 nitrogen and oxygen atoms in total. The first kappa shape index (κ1) is 22.8. The Balaban J connectivity index is 1.75. The highest BCUT2D eigenvalue weighted by atomic mass is 32.2.